The maximum Gasteiger partial charge on any atom is 0.407 e. The van der Waals surface area contributed by atoms with Gasteiger partial charge in [0.15, 0.2) is 5.00 Å². The lowest BCUT2D eigenvalue weighted by Gasteiger charge is -2.37. The van der Waals surface area contributed by atoms with Gasteiger partial charge in [-0.15, -0.1) is 0 Å². The number of alkyl carbamates (subject to hydrolysis) is 1. The minimum Gasteiger partial charge on any atom is -0.444 e. The van der Waals surface area contributed by atoms with Crippen molar-refractivity contribution in [2.75, 3.05) is 18.0 Å². The molecule has 1 fully saturated rings. The third-order valence-electron chi connectivity index (χ3n) is 3.40. The molecule has 2 heterocycles. The van der Waals surface area contributed by atoms with Crippen LogP contribution in [0.15, 0.2) is 6.20 Å². The number of ether oxygens (including phenoxy) is 1. The highest BCUT2D eigenvalue weighted by Gasteiger charge is 2.32. The number of nitrogens with zero attached hydrogens (tertiary/aromatic N) is 3. The zero-order valence-electron chi connectivity index (χ0n) is 13.7. The molecule has 1 saturated heterocycles. The maximum absolute atomic E-state index is 11.9. The van der Waals surface area contributed by atoms with Gasteiger partial charge in [0.25, 0.3) is 0 Å². The smallest absolute Gasteiger partial charge is 0.407 e. The van der Waals surface area contributed by atoms with Crippen LogP contribution in [-0.2, 0) is 4.74 Å². The molecule has 2 rings (SSSR count). The summed E-state index contributed by atoms with van der Waals surface area (Å²) in [5.74, 6) is 0.297. The second-order valence-electron chi connectivity index (χ2n) is 6.86. The fourth-order valence-corrected chi connectivity index (χ4v) is 3.41. The number of amides is 1. The first-order valence-corrected chi connectivity index (χ1v) is 8.26. The van der Waals surface area contributed by atoms with E-state index in [0.29, 0.717) is 24.0 Å². The Balaban J connectivity index is 2.06. The Kier molecular flexibility index (Phi) is 5.08. The fourth-order valence-electron chi connectivity index (χ4n) is 2.67. The minimum atomic E-state index is -0.555. The van der Waals surface area contributed by atoms with Gasteiger partial charge < -0.3 is 15.0 Å². The van der Waals surface area contributed by atoms with Crippen molar-refractivity contribution in [1.82, 2.24) is 9.69 Å². The van der Waals surface area contributed by atoms with Crippen molar-refractivity contribution in [1.29, 1.82) is 0 Å². The van der Waals surface area contributed by atoms with Crippen LogP contribution >= 0.6 is 11.5 Å². The number of piperidine rings is 1. The highest BCUT2D eigenvalue weighted by molar-refractivity contribution is 7.10. The second-order valence-corrected chi connectivity index (χ2v) is 7.64. The first-order chi connectivity index (χ1) is 10.7. The van der Waals surface area contributed by atoms with Crippen molar-refractivity contribution < 1.29 is 14.5 Å². The Morgan fingerprint density at radius 1 is 1.52 bits per heavy atom. The minimum absolute atomic E-state index is 0.0140. The van der Waals surface area contributed by atoms with E-state index in [0.717, 1.165) is 18.0 Å². The Hall–Kier alpha value is -1.90. The summed E-state index contributed by atoms with van der Waals surface area (Å²) in [5, 5.41) is 14.5. The highest BCUT2D eigenvalue weighted by atomic mass is 32.1. The van der Waals surface area contributed by atoms with Crippen molar-refractivity contribution in [2.24, 2.45) is 5.92 Å². The molecule has 1 aliphatic heterocycles. The van der Waals surface area contributed by atoms with E-state index in [-0.39, 0.29) is 11.7 Å². The molecule has 128 valence electrons. The molecule has 1 N–H and O–H groups in total. The van der Waals surface area contributed by atoms with Crippen molar-refractivity contribution in [3.8, 4) is 0 Å². The molecule has 0 bridgehead atoms. The first kappa shape index (κ1) is 17.5. The average Bonchev–Trinajstić information content (AvgIpc) is 2.84. The van der Waals surface area contributed by atoms with Crippen LogP contribution in [-0.4, -0.2) is 40.1 Å². The number of nitro groups is 1. The molecule has 1 aliphatic rings. The average molecular weight is 342 g/mol. The van der Waals surface area contributed by atoms with Gasteiger partial charge in [0.1, 0.15) is 11.8 Å². The lowest BCUT2D eigenvalue weighted by Crippen LogP contribution is -2.51. The summed E-state index contributed by atoms with van der Waals surface area (Å²) in [6.45, 7) is 8.69. The SMILES string of the molecule is C[C@@H]1CC(NC(=O)OC(C)(C)C)CN(c2sncc2[N+](=O)[O-])C1. The molecule has 0 aromatic carbocycles. The van der Waals surface area contributed by atoms with Crippen LogP contribution in [0.3, 0.4) is 0 Å². The molecule has 8 nitrogen and oxygen atoms in total. The molecule has 1 aromatic rings. The number of carbonyl (C=O) groups excluding carboxylic acids is 1. The predicted octanol–water partition coefficient (Wildman–Crippen LogP) is 2.79. The van der Waals surface area contributed by atoms with Gasteiger partial charge >= 0.3 is 11.8 Å². The summed E-state index contributed by atoms with van der Waals surface area (Å²) >= 11 is 1.11. The number of hydrogen-bond acceptors (Lipinski definition) is 7. The largest absolute Gasteiger partial charge is 0.444 e. The second kappa shape index (κ2) is 6.69. The molecule has 0 aliphatic carbocycles. The summed E-state index contributed by atoms with van der Waals surface area (Å²) < 4.78 is 9.20. The van der Waals surface area contributed by atoms with Gasteiger partial charge in [-0.25, -0.2) is 4.79 Å². The zero-order chi connectivity index (χ0) is 17.2. The van der Waals surface area contributed by atoms with Gasteiger partial charge in [0.05, 0.1) is 11.0 Å². The summed E-state index contributed by atoms with van der Waals surface area (Å²) in [6, 6.07) is -0.115. The van der Waals surface area contributed by atoms with Gasteiger partial charge in [0, 0.05) is 13.1 Å². The van der Waals surface area contributed by atoms with Gasteiger partial charge in [-0.1, -0.05) is 6.92 Å². The maximum atomic E-state index is 11.9. The van der Waals surface area contributed by atoms with E-state index in [1.54, 1.807) is 0 Å². The van der Waals surface area contributed by atoms with Crippen LogP contribution in [0.4, 0.5) is 15.5 Å². The van der Waals surface area contributed by atoms with Crippen LogP contribution in [0.5, 0.6) is 0 Å². The number of aromatic nitrogens is 1. The van der Waals surface area contributed by atoms with E-state index in [1.165, 1.54) is 6.20 Å². The Bertz CT molecular complexity index is 584. The van der Waals surface area contributed by atoms with Gasteiger partial charge in [-0.3, -0.25) is 10.1 Å². The molecule has 2 atom stereocenters. The van der Waals surface area contributed by atoms with E-state index in [2.05, 4.69) is 16.6 Å². The molecule has 23 heavy (non-hydrogen) atoms. The first-order valence-electron chi connectivity index (χ1n) is 7.49. The molecule has 0 spiro atoms. The van der Waals surface area contributed by atoms with Gasteiger partial charge in [-0.2, -0.15) is 4.37 Å². The molecular weight excluding hydrogens is 320 g/mol. The molecule has 9 heteroatoms. The fraction of sp³-hybridized carbons (Fsp3) is 0.714. The topological polar surface area (TPSA) is 97.6 Å². The monoisotopic (exact) mass is 342 g/mol. The molecule has 0 radical (unpaired) electrons. The number of carbonyl (C=O) groups is 1. The lowest BCUT2D eigenvalue weighted by atomic mass is 9.96. The normalized spacial score (nSPS) is 21.8. The van der Waals surface area contributed by atoms with E-state index >= 15 is 0 Å². The van der Waals surface area contributed by atoms with Gasteiger partial charge in [-0.05, 0) is 44.6 Å². The van der Waals surface area contributed by atoms with Crippen LogP contribution < -0.4 is 10.2 Å². The molecule has 0 saturated carbocycles. The number of anilines is 1. The summed E-state index contributed by atoms with van der Waals surface area (Å²) in [6.07, 6.45) is 1.62. The van der Waals surface area contributed by atoms with E-state index < -0.39 is 16.6 Å². The molecule has 1 aromatic heterocycles. The molecular formula is C14H22N4O4S. The van der Waals surface area contributed by atoms with Crippen molar-refractivity contribution in [3.05, 3.63) is 16.3 Å². The van der Waals surface area contributed by atoms with Crippen LogP contribution in [0.25, 0.3) is 0 Å². The van der Waals surface area contributed by atoms with Crippen LogP contribution in [0.1, 0.15) is 34.1 Å². The van der Waals surface area contributed by atoms with E-state index in [4.69, 9.17) is 4.74 Å². The Morgan fingerprint density at radius 2 is 2.22 bits per heavy atom. The number of hydrogen-bond donors (Lipinski definition) is 1. The number of rotatable bonds is 3. The standard InChI is InChI=1S/C14H22N4O4S/c1-9-5-10(16-13(19)22-14(2,3)4)8-17(7-9)12-11(18(20)21)6-15-23-12/h6,9-10H,5,7-8H2,1-4H3,(H,16,19)/t9-,10?/m1/s1. The molecule has 1 unspecified atom stereocenters. The van der Waals surface area contributed by atoms with Crippen LogP contribution in [0.2, 0.25) is 0 Å². The summed E-state index contributed by atoms with van der Waals surface area (Å²) in [5.41, 5.74) is -0.541. The van der Waals surface area contributed by atoms with E-state index in [1.807, 2.05) is 25.7 Å². The zero-order valence-corrected chi connectivity index (χ0v) is 14.6. The number of nitrogens with one attached hydrogen (secondary N) is 1. The predicted molar refractivity (Wildman–Crippen MR) is 87.9 cm³/mol. The van der Waals surface area contributed by atoms with E-state index in [9.17, 15) is 14.9 Å². The van der Waals surface area contributed by atoms with Crippen molar-refractivity contribution in [3.63, 3.8) is 0 Å². The molecule has 1 amide bonds. The van der Waals surface area contributed by atoms with Crippen molar-refractivity contribution >= 4 is 28.3 Å². The summed E-state index contributed by atoms with van der Waals surface area (Å²) in [4.78, 5) is 24.5. The van der Waals surface area contributed by atoms with Crippen LogP contribution in [0, 0.1) is 16.0 Å². The Labute approximate surface area is 139 Å². The van der Waals surface area contributed by atoms with Crippen molar-refractivity contribution in [2.45, 2.75) is 45.8 Å². The highest BCUT2D eigenvalue weighted by Crippen LogP contribution is 2.34. The quantitative estimate of drug-likeness (QED) is 0.670. The Morgan fingerprint density at radius 3 is 2.83 bits per heavy atom. The summed E-state index contributed by atoms with van der Waals surface area (Å²) in [7, 11) is 0. The van der Waals surface area contributed by atoms with Gasteiger partial charge in [0.2, 0.25) is 0 Å². The third kappa shape index (κ3) is 4.78. The lowest BCUT2D eigenvalue weighted by molar-refractivity contribution is -0.383. The third-order valence-corrected chi connectivity index (χ3v) is 4.25.